The van der Waals surface area contributed by atoms with E-state index in [0.717, 1.165) is 28.6 Å². The average molecular weight is 419 g/mol. The van der Waals surface area contributed by atoms with Crippen molar-refractivity contribution in [1.29, 1.82) is 0 Å². The minimum absolute atomic E-state index is 0.109. The number of anilines is 2. The number of imidazole rings is 1. The third-order valence-corrected chi connectivity index (χ3v) is 5.25. The Labute approximate surface area is 180 Å². The van der Waals surface area contributed by atoms with E-state index in [2.05, 4.69) is 9.88 Å². The van der Waals surface area contributed by atoms with Crippen molar-refractivity contribution in [2.24, 2.45) is 5.73 Å². The number of amides is 1. The molecule has 4 N–H and O–H groups in total. The van der Waals surface area contributed by atoms with Crippen molar-refractivity contribution >= 4 is 23.4 Å². The predicted octanol–water partition coefficient (Wildman–Crippen LogP) is 3.07. The second-order valence-corrected chi connectivity index (χ2v) is 8.20. The van der Waals surface area contributed by atoms with Gasteiger partial charge in [0.1, 0.15) is 17.3 Å². The van der Waals surface area contributed by atoms with Crippen LogP contribution in [0.25, 0.3) is 11.3 Å². The Balaban J connectivity index is 1.71. The quantitative estimate of drug-likeness (QED) is 0.586. The van der Waals surface area contributed by atoms with Crippen molar-refractivity contribution in [3.8, 4) is 11.3 Å². The number of carboxylic acid groups (broad SMARTS) is 1. The molecule has 1 aromatic heterocycles. The number of nitrogens with two attached hydrogens (primary N) is 1. The molecule has 2 heterocycles. The molecule has 0 atom stereocenters. The summed E-state index contributed by atoms with van der Waals surface area (Å²) in [5.74, 6) is 0.503. The van der Waals surface area contributed by atoms with E-state index in [0.29, 0.717) is 19.6 Å². The molecular formula is C23H25N5O3. The number of carbonyl (C=O) groups is 2. The number of nitrogens with one attached hydrogen (secondary N) is 1. The highest BCUT2D eigenvalue weighted by atomic mass is 16.4. The van der Waals surface area contributed by atoms with E-state index in [1.54, 1.807) is 43.0 Å². The molecule has 0 aliphatic carbocycles. The fourth-order valence-electron chi connectivity index (χ4n) is 3.67. The molecule has 31 heavy (non-hydrogen) atoms. The van der Waals surface area contributed by atoms with Crippen LogP contribution in [-0.4, -0.2) is 43.5 Å². The topological polar surface area (TPSA) is 113 Å². The van der Waals surface area contributed by atoms with Gasteiger partial charge in [-0.1, -0.05) is 30.3 Å². The highest BCUT2D eigenvalue weighted by molar-refractivity contribution is 5.88. The number of nitrogens with zero attached hydrogens (tertiary/aromatic N) is 3. The Bertz CT molecular complexity index is 1110. The van der Waals surface area contributed by atoms with Crippen molar-refractivity contribution in [2.75, 3.05) is 11.9 Å². The lowest BCUT2D eigenvalue weighted by atomic mass is 10.1. The third-order valence-electron chi connectivity index (χ3n) is 5.25. The number of hydrogen-bond donors (Lipinski definition) is 3. The van der Waals surface area contributed by atoms with Crippen LogP contribution in [0.3, 0.4) is 0 Å². The molecule has 4 rings (SSSR count). The molecule has 0 spiro atoms. The molecule has 8 heteroatoms. The zero-order valence-corrected chi connectivity index (χ0v) is 17.5. The van der Waals surface area contributed by atoms with Crippen molar-refractivity contribution in [2.45, 2.75) is 32.5 Å². The highest BCUT2D eigenvalue weighted by Gasteiger charge is 2.32. The largest absolute Gasteiger partial charge is 0.478 e. The van der Waals surface area contributed by atoms with Gasteiger partial charge in [-0.05, 0) is 38.1 Å². The van der Waals surface area contributed by atoms with Crippen molar-refractivity contribution in [3.63, 3.8) is 0 Å². The number of aromatic carboxylic acids is 1. The van der Waals surface area contributed by atoms with E-state index in [9.17, 15) is 9.59 Å². The summed E-state index contributed by atoms with van der Waals surface area (Å²) in [7, 11) is 0. The molecule has 1 aliphatic rings. The average Bonchev–Trinajstić information content (AvgIpc) is 3.11. The summed E-state index contributed by atoms with van der Waals surface area (Å²) < 4.78 is 2.07. The van der Waals surface area contributed by atoms with Gasteiger partial charge in [-0.3, -0.25) is 4.79 Å². The Morgan fingerprint density at radius 1 is 1.06 bits per heavy atom. The first-order chi connectivity index (χ1) is 14.7. The Hall–Kier alpha value is -3.65. The number of fused-ring (bicyclic) bond motifs is 1. The van der Waals surface area contributed by atoms with Gasteiger partial charge in [0.15, 0.2) is 0 Å². The highest BCUT2D eigenvalue weighted by Crippen LogP contribution is 2.33. The Morgan fingerprint density at radius 3 is 2.35 bits per heavy atom. The van der Waals surface area contributed by atoms with E-state index >= 15 is 0 Å². The van der Waals surface area contributed by atoms with Gasteiger partial charge in [0.05, 0.1) is 17.6 Å². The van der Waals surface area contributed by atoms with Crippen molar-refractivity contribution < 1.29 is 14.7 Å². The third kappa shape index (κ3) is 4.15. The van der Waals surface area contributed by atoms with Gasteiger partial charge in [0.25, 0.3) is 0 Å². The van der Waals surface area contributed by atoms with Gasteiger partial charge >= 0.3 is 5.97 Å². The van der Waals surface area contributed by atoms with Gasteiger partial charge in [0.2, 0.25) is 5.91 Å². The van der Waals surface area contributed by atoms with Crippen LogP contribution in [0.1, 0.15) is 30.0 Å². The van der Waals surface area contributed by atoms with E-state index in [1.165, 1.54) is 0 Å². The maximum atomic E-state index is 12.7. The molecule has 0 unspecified atom stereocenters. The summed E-state index contributed by atoms with van der Waals surface area (Å²) in [5.41, 5.74) is 7.79. The van der Waals surface area contributed by atoms with Crippen molar-refractivity contribution in [3.05, 3.63) is 66.0 Å². The van der Waals surface area contributed by atoms with Crippen LogP contribution in [-0.2, 0) is 17.9 Å². The van der Waals surface area contributed by atoms with E-state index < -0.39 is 11.5 Å². The number of hydrogen-bond acceptors (Lipinski definition) is 5. The zero-order chi connectivity index (χ0) is 22.2. The van der Waals surface area contributed by atoms with Gasteiger partial charge in [-0.2, -0.15) is 0 Å². The van der Waals surface area contributed by atoms with Crippen molar-refractivity contribution in [1.82, 2.24) is 14.5 Å². The summed E-state index contributed by atoms with van der Waals surface area (Å²) in [6, 6.07) is 16.4. The molecule has 160 valence electrons. The first-order valence-corrected chi connectivity index (χ1v) is 10.1. The maximum Gasteiger partial charge on any atom is 0.335 e. The lowest BCUT2D eigenvalue weighted by Gasteiger charge is -2.33. The van der Waals surface area contributed by atoms with Crippen LogP contribution >= 0.6 is 0 Å². The number of carbonyl (C=O) groups excluding carboxylic acids is 1. The van der Waals surface area contributed by atoms with E-state index in [4.69, 9.17) is 15.8 Å². The van der Waals surface area contributed by atoms with Crippen LogP contribution in [0.2, 0.25) is 0 Å². The maximum absolute atomic E-state index is 12.7. The summed E-state index contributed by atoms with van der Waals surface area (Å²) in [6.45, 7) is 4.90. The smallest absolute Gasteiger partial charge is 0.335 e. The van der Waals surface area contributed by atoms with E-state index in [-0.39, 0.29) is 11.5 Å². The van der Waals surface area contributed by atoms with Crippen LogP contribution in [0.5, 0.6) is 0 Å². The number of carboxylic acids is 1. The summed E-state index contributed by atoms with van der Waals surface area (Å²) >= 11 is 0. The molecule has 0 saturated carbocycles. The van der Waals surface area contributed by atoms with E-state index in [1.807, 2.05) is 30.3 Å². The van der Waals surface area contributed by atoms with Gasteiger partial charge in [-0.25, -0.2) is 9.78 Å². The first-order valence-electron chi connectivity index (χ1n) is 10.1. The number of rotatable bonds is 5. The monoisotopic (exact) mass is 419 g/mol. The molecule has 0 bridgehead atoms. The fourth-order valence-corrected chi connectivity index (χ4v) is 3.67. The molecule has 3 aromatic rings. The standard InChI is InChI=1S/C23H25N5O3/c1-23(2,24)22(31)27-12-13-28-18(14-27)26-19(15-6-4-3-5-7-15)20(28)25-17-10-8-16(9-11-17)21(29)30/h3-11,25H,12-14,24H2,1-2H3,(H,29,30). The normalized spacial score (nSPS) is 13.6. The molecule has 1 aliphatic heterocycles. The zero-order valence-electron chi connectivity index (χ0n) is 17.5. The Kier molecular flexibility index (Phi) is 5.24. The molecule has 8 nitrogen and oxygen atoms in total. The molecule has 0 fully saturated rings. The number of benzene rings is 2. The lowest BCUT2D eigenvalue weighted by Crippen LogP contribution is -2.52. The van der Waals surface area contributed by atoms with Crippen LogP contribution in [0.4, 0.5) is 11.5 Å². The lowest BCUT2D eigenvalue weighted by molar-refractivity contribution is -0.137. The number of aromatic nitrogens is 2. The van der Waals surface area contributed by atoms with Crippen LogP contribution in [0, 0.1) is 0 Å². The minimum Gasteiger partial charge on any atom is -0.478 e. The van der Waals surface area contributed by atoms with Gasteiger partial charge in [0, 0.05) is 24.3 Å². The second kappa shape index (κ2) is 7.88. The summed E-state index contributed by atoms with van der Waals surface area (Å²) in [6.07, 6.45) is 0. The molecule has 2 aromatic carbocycles. The summed E-state index contributed by atoms with van der Waals surface area (Å²) in [5, 5.41) is 12.5. The van der Waals surface area contributed by atoms with Crippen LogP contribution in [0.15, 0.2) is 54.6 Å². The molecular weight excluding hydrogens is 394 g/mol. The second-order valence-electron chi connectivity index (χ2n) is 8.20. The fraction of sp³-hybridized carbons (Fsp3) is 0.261. The SMILES string of the molecule is CC(C)(N)C(=O)N1CCn2c(nc(-c3ccccc3)c2Nc2ccc(C(=O)O)cc2)C1. The van der Waals surface area contributed by atoms with Gasteiger partial charge < -0.3 is 25.6 Å². The molecule has 1 amide bonds. The minimum atomic E-state index is -0.967. The first kappa shape index (κ1) is 20.6. The molecule has 0 radical (unpaired) electrons. The molecule has 0 saturated heterocycles. The Morgan fingerprint density at radius 2 is 1.74 bits per heavy atom. The van der Waals surface area contributed by atoms with Crippen LogP contribution < -0.4 is 11.1 Å². The predicted molar refractivity (Wildman–Crippen MR) is 118 cm³/mol. The van der Waals surface area contributed by atoms with Gasteiger partial charge in [-0.15, -0.1) is 0 Å². The summed E-state index contributed by atoms with van der Waals surface area (Å²) in [4.78, 5) is 30.4.